The fraction of sp³-hybridized carbons (Fsp3) is 0.375. The van der Waals surface area contributed by atoms with Gasteiger partial charge in [0.15, 0.2) is 5.11 Å². The van der Waals surface area contributed by atoms with Crippen molar-refractivity contribution in [3.05, 3.63) is 58.2 Å². The lowest BCUT2D eigenvalue weighted by Crippen LogP contribution is -2.56. The van der Waals surface area contributed by atoms with Crippen LogP contribution in [-0.2, 0) is 9.59 Å². The average molecular weight is 454 g/mol. The summed E-state index contributed by atoms with van der Waals surface area (Å²) in [5.74, 6) is -0.527. The van der Waals surface area contributed by atoms with Gasteiger partial charge in [0.25, 0.3) is 11.8 Å². The van der Waals surface area contributed by atoms with Crippen molar-refractivity contribution in [2.45, 2.75) is 44.9 Å². The van der Waals surface area contributed by atoms with Crippen molar-refractivity contribution in [1.29, 1.82) is 0 Å². The summed E-state index contributed by atoms with van der Waals surface area (Å²) in [6.07, 6.45) is 6.85. The Labute approximate surface area is 193 Å². The molecular formula is C24H27N3O2S2. The second-order valence-corrected chi connectivity index (χ2v) is 9.08. The average Bonchev–Trinajstić information content (AvgIpc) is 3.11. The summed E-state index contributed by atoms with van der Waals surface area (Å²) in [5, 5.41) is 1.50. The number of hydrogen-bond acceptors (Lipinski definition) is 5. The number of hydrogen-bond donors (Lipinski definition) is 0. The number of amides is 2. The van der Waals surface area contributed by atoms with Gasteiger partial charge >= 0.3 is 0 Å². The van der Waals surface area contributed by atoms with Crippen LogP contribution in [-0.4, -0.2) is 46.4 Å². The largest absolute Gasteiger partial charge is 0.335 e. The fourth-order valence-corrected chi connectivity index (χ4v) is 5.95. The van der Waals surface area contributed by atoms with E-state index in [1.54, 1.807) is 11.8 Å². The zero-order chi connectivity index (χ0) is 22.1. The van der Waals surface area contributed by atoms with E-state index < -0.39 is 0 Å². The van der Waals surface area contributed by atoms with E-state index >= 15 is 0 Å². The Balaban J connectivity index is 1.72. The molecule has 0 radical (unpaired) electrons. The van der Waals surface area contributed by atoms with Crippen molar-refractivity contribution >= 4 is 46.6 Å². The molecule has 31 heavy (non-hydrogen) atoms. The molecule has 0 unspecified atom stereocenters. The predicted octanol–water partition coefficient (Wildman–Crippen LogP) is 4.86. The Morgan fingerprint density at radius 1 is 0.968 bits per heavy atom. The van der Waals surface area contributed by atoms with Crippen LogP contribution in [0.5, 0.6) is 0 Å². The summed E-state index contributed by atoms with van der Waals surface area (Å²) < 4.78 is 0. The molecule has 7 heteroatoms. The van der Waals surface area contributed by atoms with E-state index in [2.05, 4.69) is 48.2 Å². The van der Waals surface area contributed by atoms with Crippen molar-refractivity contribution in [1.82, 2.24) is 9.80 Å². The summed E-state index contributed by atoms with van der Waals surface area (Å²) >= 11 is 7.16. The van der Waals surface area contributed by atoms with E-state index in [1.165, 1.54) is 25.4 Å². The molecule has 1 aromatic rings. The molecular weight excluding hydrogens is 426 g/mol. The molecule has 4 rings (SSSR count). The maximum Gasteiger partial charge on any atom is 0.265 e. The van der Waals surface area contributed by atoms with Crippen molar-refractivity contribution in [3.63, 3.8) is 0 Å². The minimum atomic E-state index is -0.264. The number of thioether (sulfide) groups is 1. The lowest BCUT2D eigenvalue weighted by molar-refractivity contribution is -0.133. The number of likely N-dealkylation sites (N-methyl/N-ethyl adjacent to an activating group) is 2. The Morgan fingerprint density at radius 3 is 2.26 bits per heavy atom. The molecule has 0 saturated carbocycles. The topological polar surface area (TPSA) is 43.9 Å². The van der Waals surface area contributed by atoms with Crippen LogP contribution in [0, 0.1) is 0 Å². The van der Waals surface area contributed by atoms with E-state index in [0.717, 1.165) is 37.0 Å². The van der Waals surface area contributed by atoms with Gasteiger partial charge in [-0.25, -0.2) is 0 Å². The van der Waals surface area contributed by atoms with Crippen LogP contribution in [0.25, 0.3) is 0 Å². The molecule has 0 aromatic heterocycles. The molecule has 0 N–H and O–H groups in total. The number of thiocarbonyl (C=S) groups is 1. The van der Waals surface area contributed by atoms with Crippen LogP contribution in [0.1, 0.15) is 40.0 Å². The Bertz CT molecular complexity index is 1010. The van der Waals surface area contributed by atoms with Gasteiger partial charge in [-0.1, -0.05) is 30.0 Å². The second-order valence-electron chi connectivity index (χ2n) is 7.65. The molecule has 162 valence electrons. The highest BCUT2D eigenvalue weighted by Crippen LogP contribution is 2.46. The second kappa shape index (κ2) is 9.01. The molecule has 1 saturated heterocycles. The minimum Gasteiger partial charge on any atom is -0.335 e. The number of allylic oxidation sites excluding steroid dienone is 4. The first-order valence-electron chi connectivity index (χ1n) is 10.9. The van der Waals surface area contributed by atoms with Gasteiger partial charge in [0.05, 0.1) is 10.7 Å². The zero-order valence-electron chi connectivity index (χ0n) is 18.2. The Hall–Kier alpha value is -2.38. The van der Waals surface area contributed by atoms with Gasteiger partial charge < -0.3 is 4.90 Å². The van der Waals surface area contributed by atoms with Crippen molar-refractivity contribution < 1.29 is 9.59 Å². The zero-order valence-corrected chi connectivity index (χ0v) is 19.8. The summed E-state index contributed by atoms with van der Waals surface area (Å²) in [5.41, 5.74) is 3.50. The van der Waals surface area contributed by atoms with Gasteiger partial charge in [-0.3, -0.25) is 19.4 Å². The molecule has 5 nitrogen and oxygen atoms in total. The van der Waals surface area contributed by atoms with Gasteiger partial charge in [0.2, 0.25) is 0 Å². The molecule has 3 aliphatic rings. The van der Waals surface area contributed by atoms with Gasteiger partial charge in [-0.05, 0) is 81.6 Å². The van der Waals surface area contributed by atoms with E-state index in [4.69, 9.17) is 12.2 Å². The van der Waals surface area contributed by atoms with Crippen molar-refractivity contribution in [2.75, 3.05) is 24.5 Å². The molecule has 2 heterocycles. The molecule has 2 amide bonds. The first-order chi connectivity index (χ1) is 15.0. The monoisotopic (exact) mass is 453 g/mol. The van der Waals surface area contributed by atoms with Gasteiger partial charge in [0.1, 0.15) is 5.57 Å². The van der Waals surface area contributed by atoms with Crippen LogP contribution in [0.2, 0.25) is 0 Å². The highest BCUT2D eigenvalue weighted by atomic mass is 32.2. The smallest absolute Gasteiger partial charge is 0.265 e. The van der Waals surface area contributed by atoms with Gasteiger partial charge in [-0.2, -0.15) is 0 Å². The number of anilines is 1. The predicted molar refractivity (Wildman–Crippen MR) is 130 cm³/mol. The summed E-state index contributed by atoms with van der Waals surface area (Å²) in [6.45, 7) is 7.73. The van der Waals surface area contributed by atoms with Crippen LogP contribution in [0.4, 0.5) is 5.69 Å². The third-order valence-corrected chi connectivity index (χ3v) is 7.42. The highest BCUT2D eigenvalue weighted by Gasteiger charge is 2.39. The van der Waals surface area contributed by atoms with Crippen molar-refractivity contribution in [2.24, 2.45) is 0 Å². The lowest BCUT2D eigenvalue weighted by Gasteiger charge is -2.36. The molecule has 1 fully saturated rings. The molecule has 0 spiro atoms. The third-order valence-electron chi connectivity index (χ3n) is 5.87. The third kappa shape index (κ3) is 3.85. The molecule has 1 aliphatic carbocycles. The van der Waals surface area contributed by atoms with Crippen LogP contribution < -0.4 is 4.90 Å². The summed E-state index contributed by atoms with van der Waals surface area (Å²) in [7, 11) is 0. The first kappa shape index (κ1) is 21.8. The first-order valence-corrected chi connectivity index (χ1v) is 12.1. The number of nitrogens with zero attached hydrogens (tertiary/aromatic N) is 3. The van der Waals surface area contributed by atoms with E-state index in [0.29, 0.717) is 18.2 Å². The van der Waals surface area contributed by atoms with Crippen LogP contribution in [0.15, 0.2) is 63.1 Å². The van der Waals surface area contributed by atoms with Crippen LogP contribution >= 0.6 is 24.0 Å². The SMILES string of the molecule is CCN1C(=O)C(=C2C=C(/C=C3\Sc4ccccc4N3CC)CCC2)C(=O)N(CC)C1=S. The van der Waals surface area contributed by atoms with Gasteiger partial charge in [0, 0.05) is 24.5 Å². The molecule has 1 aromatic carbocycles. The molecule has 2 aliphatic heterocycles. The number of rotatable bonds is 4. The summed E-state index contributed by atoms with van der Waals surface area (Å²) in [6, 6.07) is 8.43. The molecule has 0 atom stereocenters. The van der Waals surface area contributed by atoms with Gasteiger partial charge in [-0.15, -0.1) is 0 Å². The van der Waals surface area contributed by atoms with E-state index in [-0.39, 0.29) is 17.4 Å². The Kier molecular flexibility index (Phi) is 6.34. The van der Waals surface area contributed by atoms with E-state index in [9.17, 15) is 9.59 Å². The lowest BCUT2D eigenvalue weighted by atomic mass is 9.90. The number of benzene rings is 1. The fourth-order valence-electron chi connectivity index (χ4n) is 4.32. The van der Waals surface area contributed by atoms with Crippen LogP contribution in [0.3, 0.4) is 0 Å². The van der Waals surface area contributed by atoms with Crippen molar-refractivity contribution in [3.8, 4) is 0 Å². The highest BCUT2D eigenvalue weighted by molar-refractivity contribution is 8.03. The minimum absolute atomic E-state index is 0.264. The number of para-hydroxylation sites is 1. The number of carbonyl (C=O) groups is 2. The maximum atomic E-state index is 13.1. The normalized spacial score (nSPS) is 20.7. The standard InChI is InChI=1S/C24H27N3O2S2/c1-4-25-18-12-7-8-13-19(18)31-20(25)15-16-10-9-11-17(14-16)21-22(28)26(5-2)24(30)27(6-3)23(21)29/h7-8,12-15H,4-6,9-11H2,1-3H3/b20-15-. The summed E-state index contributed by atoms with van der Waals surface area (Å²) in [4.78, 5) is 32.9. The van der Waals surface area contributed by atoms with E-state index in [1.807, 2.05) is 13.8 Å². The Morgan fingerprint density at radius 2 is 1.61 bits per heavy atom. The number of carbonyl (C=O) groups excluding carboxylic acids is 2. The molecule has 0 bridgehead atoms. The maximum absolute atomic E-state index is 13.1. The number of fused-ring (bicyclic) bond motifs is 1. The quantitative estimate of drug-likeness (QED) is 0.370.